The fourth-order valence-electron chi connectivity index (χ4n) is 6.14. The van der Waals surface area contributed by atoms with Gasteiger partial charge in [-0.2, -0.15) is 0 Å². The number of allylic oxidation sites excluding steroid dienone is 2. The number of carbonyl (C=O) groups is 1. The number of hydrogen-bond acceptors (Lipinski definition) is 6. The van der Waals surface area contributed by atoms with E-state index in [-0.39, 0.29) is 25.8 Å². The maximum Gasteiger partial charge on any atom is 0.472 e. The minimum atomic E-state index is -4.26. The van der Waals surface area contributed by atoms with Gasteiger partial charge in [0.05, 0.1) is 34.4 Å². The molecule has 0 saturated carbocycles. The Morgan fingerprint density at radius 1 is 0.577 bits per heavy atom. The van der Waals surface area contributed by atoms with Gasteiger partial charge in [-0.15, -0.1) is 0 Å². The molecular weight excluding hydrogens is 673 g/mol. The summed E-state index contributed by atoms with van der Waals surface area (Å²) in [5.41, 5.74) is 0. The van der Waals surface area contributed by atoms with E-state index < -0.39 is 13.9 Å². The van der Waals surface area contributed by atoms with Crippen molar-refractivity contribution in [3.63, 3.8) is 0 Å². The largest absolute Gasteiger partial charge is 0.472 e. The van der Waals surface area contributed by atoms with Crippen LogP contribution in [0, 0.1) is 0 Å². The van der Waals surface area contributed by atoms with Gasteiger partial charge < -0.3 is 18.9 Å². The molecule has 0 aliphatic carbocycles. The quantitative estimate of drug-likeness (QED) is 0.0218. The lowest BCUT2D eigenvalue weighted by Gasteiger charge is -2.24. The topological polar surface area (TPSA) is 91.3 Å². The Balaban J connectivity index is 4.12. The van der Waals surface area contributed by atoms with Crippen LogP contribution in [0.5, 0.6) is 0 Å². The summed E-state index contributed by atoms with van der Waals surface area (Å²) in [5, 5.41) is 0. The van der Waals surface area contributed by atoms with Crippen LogP contribution >= 0.6 is 7.82 Å². The van der Waals surface area contributed by atoms with Crippen LogP contribution in [-0.2, 0) is 27.9 Å². The number of esters is 1. The average molecular weight is 761 g/mol. The Morgan fingerprint density at radius 2 is 1.00 bits per heavy atom. The van der Waals surface area contributed by atoms with E-state index in [0.29, 0.717) is 24.1 Å². The van der Waals surface area contributed by atoms with Crippen LogP contribution in [0.15, 0.2) is 12.2 Å². The summed E-state index contributed by atoms with van der Waals surface area (Å²) in [7, 11) is 1.68. The predicted octanol–water partition coefficient (Wildman–Crippen LogP) is 12.7. The van der Waals surface area contributed by atoms with Crippen molar-refractivity contribution in [1.29, 1.82) is 0 Å². The molecule has 0 saturated heterocycles. The molecule has 0 radical (unpaired) electrons. The van der Waals surface area contributed by atoms with E-state index in [1.54, 1.807) is 0 Å². The van der Waals surface area contributed by atoms with Gasteiger partial charge in [-0.05, 0) is 38.5 Å². The number of ether oxygens (including phenoxy) is 2. The van der Waals surface area contributed by atoms with Crippen LogP contribution in [0.4, 0.5) is 0 Å². The van der Waals surface area contributed by atoms with E-state index in [1.165, 1.54) is 148 Å². The first-order valence-electron chi connectivity index (χ1n) is 21.9. The Morgan fingerprint density at radius 3 is 1.46 bits per heavy atom. The summed E-state index contributed by atoms with van der Waals surface area (Å²) < 4.78 is 34.9. The lowest BCUT2D eigenvalue weighted by molar-refractivity contribution is -0.870. The highest BCUT2D eigenvalue weighted by Gasteiger charge is 2.26. The molecule has 52 heavy (non-hydrogen) atoms. The minimum Gasteiger partial charge on any atom is -0.457 e. The number of unbranched alkanes of at least 4 members (excludes halogenated alkanes) is 25. The number of phosphoric acid groups is 1. The van der Waals surface area contributed by atoms with Crippen molar-refractivity contribution < 1.29 is 37.3 Å². The van der Waals surface area contributed by atoms with Crippen molar-refractivity contribution in [1.82, 2.24) is 0 Å². The minimum absolute atomic E-state index is 0.0915. The number of likely N-dealkylation sites (N-methyl/N-ethyl adjacent to an activating group) is 1. The summed E-state index contributed by atoms with van der Waals surface area (Å²) >= 11 is 0. The molecule has 9 heteroatoms. The lowest BCUT2D eigenvalue weighted by Crippen LogP contribution is -2.37. The molecule has 0 bridgehead atoms. The molecule has 0 heterocycles. The molecular formula is C43H87NO7P+. The predicted molar refractivity (Wildman–Crippen MR) is 220 cm³/mol. The van der Waals surface area contributed by atoms with E-state index in [1.807, 2.05) is 21.1 Å². The Hall–Kier alpha value is -0.760. The highest BCUT2D eigenvalue weighted by atomic mass is 31.2. The van der Waals surface area contributed by atoms with Gasteiger partial charge in [0.25, 0.3) is 0 Å². The Labute approximate surface area is 322 Å². The number of rotatable bonds is 41. The standard InChI is InChI=1S/C43H86NO7P/c1-6-8-10-12-14-16-18-19-20-21-22-23-24-25-26-27-29-31-33-35-38-48-40-42(41-50-52(46,47)49-39-37-44(3,4)5)51-43(45)36-34-32-30-28-17-15-13-11-9-7-2/h19-20,42H,6-18,21-41H2,1-5H3/p+1/b20-19-. The zero-order valence-corrected chi connectivity index (χ0v) is 36.0. The summed E-state index contributed by atoms with van der Waals surface area (Å²) in [5.74, 6) is -0.314. The second-order valence-electron chi connectivity index (χ2n) is 16.1. The number of nitrogens with zero attached hydrogens (tertiary/aromatic N) is 1. The van der Waals surface area contributed by atoms with E-state index in [2.05, 4.69) is 26.0 Å². The fourth-order valence-corrected chi connectivity index (χ4v) is 6.88. The Kier molecular flexibility index (Phi) is 36.6. The molecule has 0 aromatic heterocycles. The van der Waals surface area contributed by atoms with Crippen molar-refractivity contribution in [2.45, 2.75) is 206 Å². The zero-order chi connectivity index (χ0) is 38.4. The van der Waals surface area contributed by atoms with Crippen molar-refractivity contribution in [3.8, 4) is 0 Å². The highest BCUT2D eigenvalue weighted by Crippen LogP contribution is 2.43. The molecule has 0 spiro atoms. The molecule has 2 atom stereocenters. The van der Waals surface area contributed by atoms with Gasteiger partial charge in [-0.25, -0.2) is 4.57 Å². The van der Waals surface area contributed by atoms with Gasteiger partial charge in [0.1, 0.15) is 19.3 Å². The lowest BCUT2D eigenvalue weighted by atomic mass is 10.1. The molecule has 310 valence electrons. The van der Waals surface area contributed by atoms with Gasteiger partial charge >= 0.3 is 13.8 Å². The molecule has 1 N–H and O–H groups in total. The normalized spacial score (nSPS) is 13.9. The summed E-state index contributed by atoms with van der Waals surface area (Å²) in [6.45, 7) is 5.63. The molecule has 0 aliphatic heterocycles. The van der Waals surface area contributed by atoms with Crippen LogP contribution in [0.3, 0.4) is 0 Å². The van der Waals surface area contributed by atoms with Crippen molar-refractivity contribution in [2.75, 3.05) is 54.1 Å². The molecule has 2 unspecified atom stereocenters. The molecule has 0 aliphatic rings. The summed E-state index contributed by atoms with van der Waals surface area (Å²) in [4.78, 5) is 22.8. The maximum absolute atomic E-state index is 12.6. The smallest absolute Gasteiger partial charge is 0.457 e. The number of quaternary nitrogens is 1. The van der Waals surface area contributed by atoms with E-state index in [4.69, 9.17) is 18.5 Å². The summed E-state index contributed by atoms with van der Waals surface area (Å²) in [6, 6.07) is 0. The van der Waals surface area contributed by atoms with Gasteiger partial charge in [-0.3, -0.25) is 13.8 Å². The van der Waals surface area contributed by atoms with Crippen molar-refractivity contribution in [3.05, 3.63) is 12.2 Å². The van der Waals surface area contributed by atoms with E-state index >= 15 is 0 Å². The maximum atomic E-state index is 12.6. The molecule has 0 aromatic carbocycles. The first-order valence-corrected chi connectivity index (χ1v) is 23.4. The number of hydrogen-bond donors (Lipinski definition) is 1. The van der Waals surface area contributed by atoms with Crippen LogP contribution in [0.1, 0.15) is 200 Å². The molecule has 0 fully saturated rings. The third-order valence-corrected chi connectivity index (χ3v) is 10.6. The highest BCUT2D eigenvalue weighted by molar-refractivity contribution is 7.47. The monoisotopic (exact) mass is 761 g/mol. The second kappa shape index (κ2) is 37.2. The number of phosphoric ester groups is 1. The fraction of sp³-hybridized carbons (Fsp3) is 0.930. The third kappa shape index (κ3) is 40.4. The zero-order valence-electron chi connectivity index (χ0n) is 35.1. The van der Waals surface area contributed by atoms with Crippen LogP contribution in [0.25, 0.3) is 0 Å². The van der Waals surface area contributed by atoms with Crippen molar-refractivity contribution >= 4 is 13.8 Å². The summed E-state index contributed by atoms with van der Waals surface area (Å²) in [6.07, 6.45) is 39.6. The molecule has 0 amide bonds. The first-order chi connectivity index (χ1) is 25.1. The van der Waals surface area contributed by atoms with Gasteiger partial charge in [0.2, 0.25) is 0 Å². The van der Waals surface area contributed by atoms with Gasteiger partial charge in [0, 0.05) is 13.0 Å². The van der Waals surface area contributed by atoms with Crippen molar-refractivity contribution in [2.24, 2.45) is 0 Å². The van der Waals surface area contributed by atoms with Crippen LogP contribution < -0.4 is 0 Å². The third-order valence-electron chi connectivity index (χ3n) is 9.58. The molecule has 8 nitrogen and oxygen atoms in total. The van der Waals surface area contributed by atoms with Gasteiger partial charge in [0.15, 0.2) is 0 Å². The second-order valence-corrected chi connectivity index (χ2v) is 17.5. The first kappa shape index (κ1) is 51.2. The SMILES string of the molecule is CCCCCCCC/C=C\CCCCCCCCCCCCOCC(COP(=O)(O)OCC[N+](C)(C)C)OC(=O)CCCCCCCCCCCC. The number of carbonyl (C=O) groups excluding carboxylic acids is 1. The molecule has 0 aromatic rings. The van der Waals surface area contributed by atoms with Crippen LogP contribution in [0.2, 0.25) is 0 Å². The van der Waals surface area contributed by atoms with Gasteiger partial charge in [-0.1, -0.05) is 167 Å². The van der Waals surface area contributed by atoms with E-state index in [9.17, 15) is 14.3 Å². The molecule has 0 rings (SSSR count). The van der Waals surface area contributed by atoms with E-state index in [0.717, 1.165) is 32.1 Å². The van der Waals surface area contributed by atoms with Crippen LogP contribution in [-0.4, -0.2) is 75.6 Å². The average Bonchev–Trinajstić information content (AvgIpc) is 3.09. The Bertz CT molecular complexity index is 848.